The zero-order valence-corrected chi connectivity index (χ0v) is 13.6. The highest BCUT2D eigenvalue weighted by molar-refractivity contribution is 9.10. The van der Waals surface area contributed by atoms with Crippen molar-refractivity contribution in [2.24, 2.45) is 17.6 Å². The van der Waals surface area contributed by atoms with Crippen molar-refractivity contribution in [3.8, 4) is 5.75 Å². The number of anilines is 1. The van der Waals surface area contributed by atoms with Gasteiger partial charge in [0.15, 0.2) is 0 Å². The smallest absolute Gasteiger partial charge is 0.224 e. The maximum absolute atomic E-state index is 11.9. The van der Waals surface area contributed by atoms with E-state index in [2.05, 4.69) is 35.1 Å². The second kappa shape index (κ2) is 8.27. The molecule has 0 heterocycles. The van der Waals surface area contributed by atoms with E-state index >= 15 is 0 Å². The third kappa shape index (κ3) is 5.51. The second-order valence-electron chi connectivity index (χ2n) is 5.33. The van der Waals surface area contributed by atoms with Gasteiger partial charge in [-0.1, -0.05) is 29.8 Å². The average Bonchev–Trinajstić information content (AvgIpc) is 2.38. The Kier molecular flexibility index (Phi) is 7.02. The van der Waals surface area contributed by atoms with Gasteiger partial charge in [-0.05, 0) is 49.4 Å². The lowest BCUT2D eigenvalue weighted by Crippen LogP contribution is -2.18. The van der Waals surface area contributed by atoms with E-state index in [1.54, 1.807) is 18.2 Å². The summed E-state index contributed by atoms with van der Waals surface area (Å²) >= 11 is 3.31. The molecule has 1 aromatic carbocycles. The number of aromatic hydroxyl groups is 1. The number of benzene rings is 1. The second-order valence-corrected chi connectivity index (χ2v) is 6.25. The molecule has 0 fully saturated rings. The molecule has 1 atom stereocenters. The van der Waals surface area contributed by atoms with Gasteiger partial charge in [0.1, 0.15) is 5.75 Å². The Labute approximate surface area is 128 Å². The summed E-state index contributed by atoms with van der Waals surface area (Å²) in [6.45, 7) is 4.95. The van der Waals surface area contributed by atoms with E-state index in [0.29, 0.717) is 30.5 Å². The quantitative estimate of drug-likeness (QED) is 0.664. The van der Waals surface area contributed by atoms with E-state index in [4.69, 9.17) is 5.73 Å². The number of nitrogens with two attached hydrogens (primary N) is 1. The fraction of sp³-hybridized carbons (Fsp3) is 0.533. The molecule has 0 bridgehead atoms. The van der Waals surface area contributed by atoms with Crippen molar-refractivity contribution in [2.75, 3.05) is 11.9 Å². The first-order valence-corrected chi connectivity index (χ1v) is 7.71. The van der Waals surface area contributed by atoms with Crippen molar-refractivity contribution in [1.82, 2.24) is 0 Å². The maximum atomic E-state index is 11.9. The number of nitrogens with one attached hydrogen (secondary N) is 1. The molecule has 0 aliphatic heterocycles. The molecule has 1 aromatic rings. The number of phenols is 1. The Balaban J connectivity index is 2.53. The largest absolute Gasteiger partial charge is 0.506 e. The molecule has 0 saturated carbocycles. The molecule has 0 spiro atoms. The van der Waals surface area contributed by atoms with Gasteiger partial charge in [-0.2, -0.15) is 0 Å². The molecule has 0 aliphatic rings. The van der Waals surface area contributed by atoms with E-state index in [-0.39, 0.29) is 11.7 Å². The first-order valence-electron chi connectivity index (χ1n) is 6.92. The maximum Gasteiger partial charge on any atom is 0.224 e. The minimum atomic E-state index is -0.0823. The van der Waals surface area contributed by atoms with Gasteiger partial charge in [-0.25, -0.2) is 0 Å². The third-order valence-electron chi connectivity index (χ3n) is 3.46. The van der Waals surface area contributed by atoms with Gasteiger partial charge in [0.2, 0.25) is 5.91 Å². The standard InChI is InChI=1S/C15H23BrN2O2/c1-10(2)11(7-8-17)3-6-15(20)18-13-9-12(16)4-5-14(13)19/h4-5,9-11,19H,3,6-8,17H2,1-2H3,(H,18,20). The number of hydrogen-bond acceptors (Lipinski definition) is 3. The highest BCUT2D eigenvalue weighted by Crippen LogP contribution is 2.27. The number of carbonyl (C=O) groups excluding carboxylic acids is 1. The third-order valence-corrected chi connectivity index (χ3v) is 3.95. The first-order chi connectivity index (χ1) is 9.43. The molecule has 0 saturated heterocycles. The summed E-state index contributed by atoms with van der Waals surface area (Å²) in [5.74, 6) is 0.970. The fourth-order valence-electron chi connectivity index (χ4n) is 2.16. The van der Waals surface area contributed by atoms with Crippen LogP contribution in [-0.4, -0.2) is 17.6 Å². The molecule has 5 heteroatoms. The number of rotatable bonds is 7. The Hall–Kier alpha value is -1.07. The van der Waals surface area contributed by atoms with E-state index in [1.165, 1.54) is 0 Å². The molecule has 20 heavy (non-hydrogen) atoms. The van der Waals surface area contributed by atoms with Crippen molar-refractivity contribution in [1.29, 1.82) is 0 Å². The zero-order chi connectivity index (χ0) is 15.1. The summed E-state index contributed by atoms with van der Waals surface area (Å²) < 4.78 is 0.814. The van der Waals surface area contributed by atoms with Gasteiger partial charge in [0, 0.05) is 10.9 Å². The fourth-order valence-corrected chi connectivity index (χ4v) is 2.52. The van der Waals surface area contributed by atoms with Crippen LogP contribution in [0.25, 0.3) is 0 Å². The van der Waals surface area contributed by atoms with Crippen LogP contribution >= 0.6 is 15.9 Å². The van der Waals surface area contributed by atoms with Crippen LogP contribution in [-0.2, 0) is 4.79 Å². The average molecular weight is 343 g/mol. The minimum absolute atomic E-state index is 0.0731. The minimum Gasteiger partial charge on any atom is -0.506 e. The molecule has 0 radical (unpaired) electrons. The van der Waals surface area contributed by atoms with Gasteiger partial charge in [-0.3, -0.25) is 4.79 Å². The van der Waals surface area contributed by atoms with Crippen LogP contribution in [0.3, 0.4) is 0 Å². The topological polar surface area (TPSA) is 75.4 Å². The van der Waals surface area contributed by atoms with Crippen LogP contribution in [0.5, 0.6) is 5.75 Å². The molecule has 0 aliphatic carbocycles. The normalized spacial score (nSPS) is 12.4. The molecular weight excluding hydrogens is 320 g/mol. The van der Waals surface area contributed by atoms with Crippen LogP contribution in [0.1, 0.15) is 33.1 Å². The summed E-state index contributed by atoms with van der Waals surface area (Å²) in [7, 11) is 0. The van der Waals surface area contributed by atoms with Gasteiger partial charge in [0.25, 0.3) is 0 Å². The van der Waals surface area contributed by atoms with E-state index in [1.807, 2.05) is 0 Å². The van der Waals surface area contributed by atoms with Crippen molar-refractivity contribution in [2.45, 2.75) is 33.1 Å². The van der Waals surface area contributed by atoms with Gasteiger partial charge in [-0.15, -0.1) is 0 Å². The number of halogens is 1. The van der Waals surface area contributed by atoms with Gasteiger partial charge in [0.05, 0.1) is 5.69 Å². The van der Waals surface area contributed by atoms with Crippen molar-refractivity contribution >= 4 is 27.5 Å². The van der Waals surface area contributed by atoms with Gasteiger partial charge < -0.3 is 16.2 Å². The van der Waals surface area contributed by atoms with E-state index in [9.17, 15) is 9.90 Å². The lowest BCUT2D eigenvalue weighted by atomic mass is 9.88. The summed E-state index contributed by atoms with van der Waals surface area (Å²) in [5, 5.41) is 12.4. The van der Waals surface area contributed by atoms with Crippen LogP contribution in [0.4, 0.5) is 5.69 Å². The Morgan fingerprint density at radius 1 is 1.40 bits per heavy atom. The molecule has 1 unspecified atom stereocenters. The number of carbonyl (C=O) groups is 1. The summed E-state index contributed by atoms with van der Waals surface area (Å²) in [4.78, 5) is 11.9. The van der Waals surface area contributed by atoms with Crippen LogP contribution in [0.15, 0.2) is 22.7 Å². The molecular formula is C15H23BrN2O2. The Morgan fingerprint density at radius 2 is 2.10 bits per heavy atom. The summed E-state index contributed by atoms with van der Waals surface area (Å²) in [5.41, 5.74) is 6.03. The van der Waals surface area contributed by atoms with Gasteiger partial charge >= 0.3 is 0 Å². The Morgan fingerprint density at radius 3 is 2.70 bits per heavy atom. The predicted molar refractivity (Wildman–Crippen MR) is 85.7 cm³/mol. The zero-order valence-electron chi connectivity index (χ0n) is 12.0. The molecule has 4 nitrogen and oxygen atoms in total. The van der Waals surface area contributed by atoms with Crippen LogP contribution in [0.2, 0.25) is 0 Å². The van der Waals surface area contributed by atoms with Crippen LogP contribution < -0.4 is 11.1 Å². The highest BCUT2D eigenvalue weighted by Gasteiger charge is 2.15. The highest BCUT2D eigenvalue weighted by atomic mass is 79.9. The van der Waals surface area contributed by atoms with E-state index in [0.717, 1.165) is 17.3 Å². The Bertz CT molecular complexity index is 449. The lowest BCUT2D eigenvalue weighted by molar-refractivity contribution is -0.116. The van der Waals surface area contributed by atoms with E-state index < -0.39 is 0 Å². The first kappa shape index (κ1) is 17.0. The monoisotopic (exact) mass is 342 g/mol. The summed E-state index contributed by atoms with van der Waals surface area (Å²) in [6.07, 6.45) is 2.19. The van der Waals surface area contributed by atoms with Crippen LogP contribution in [0, 0.1) is 11.8 Å². The lowest BCUT2D eigenvalue weighted by Gasteiger charge is -2.19. The molecule has 112 valence electrons. The molecule has 4 N–H and O–H groups in total. The number of amides is 1. The predicted octanol–water partition coefficient (Wildman–Crippen LogP) is 3.49. The van der Waals surface area contributed by atoms with Crippen molar-refractivity contribution in [3.05, 3.63) is 22.7 Å². The number of phenolic OH excluding ortho intramolecular Hbond substituents is 1. The number of hydrogen-bond donors (Lipinski definition) is 3. The van der Waals surface area contributed by atoms with Crippen molar-refractivity contribution < 1.29 is 9.90 Å². The SMILES string of the molecule is CC(C)C(CCN)CCC(=O)Nc1cc(Br)ccc1O. The molecule has 1 amide bonds. The molecule has 1 rings (SSSR count). The summed E-state index contributed by atoms with van der Waals surface area (Å²) in [6, 6.07) is 4.96. The molecule has 0 aromatic heterocycles. The van der Waals surface area contributed by atoms with Crippen molar-refractivity contribution in [3.63, 3.8) is 0 Å².